The molecule has 0 aliphatic rings. The molecule has 1 aromatic rings. The average molecular weight is 237 g/mol. The van der Waals surface area contributed by atoms with Gasteiger partial charge in [-0.1, -0.05) is 32.0 Å². The molecule has 0 saturated heterocycles. The monoisotopic (exact) mass is 237 g/mol. The molecule has 16 heavy (non-hydrogen) atoms. The van der Waals surface area contributed by atoms with Crippen LogP contribution >= 0.6 is 11.8 Å². The van der Waals surface area contributed by atoms with Gasteiger partial charge in [-0.25, -0.2) is 4.98 Å². The van der Waals surface area contributed by atoms with Gasteiger partial charge in [-0.2, -0.15) is 5.26 Å². The van der Waals surface area contributed by atoms with Gasteiger partial charge in [-0.15, -0.1) is 0 Å². The van der Waals surface area contributed by atoms with E-state index in [-0.39, 0.29) is 10.8 Å². The molecular weight excluding hydrogens is 222 g/mol. The van der Waals surface area contributed by atoms with Crippen molar-refractivity contribution in [2.45, 2.75) is 43.5 Å². The molecule has 1 rings (SSSR count). The fraction of sp³-hybridized carbons (Fsp3) is 0.545. The Bertz CT molecular complexity index is 436. The zero-order valence-electron chi connectivity index (χ0n) is 9.49. The Kier molecular flexibility index (Phi) is 5.06. The number of thioether (sulfide) groups is 1. The minimum atomic E-state index is -0.153. The van der Waals surface area contributed by atoms with E-state index in [1.807, 2.05) is 13.8 Å². The Morgan fingerprint density at radius 2 is 2.38 bits per heavy atom. The Hall–Kier alpha value is -1.28. The van der Waals surface area contributed by atoms with Crippen LogP contribution in [0.25, 0.3) is 0 Å². The molecule has 4 nitrogen and oxygen atoms in total. The van der Waals surface area contributed by atoms with Gasteiger partial charge in [-0.3, -0.25) is 4.79 Å². The third-order valence-corrected chi connectivity index (χ3v) is 3.19. The lowest BCUT2D eigenvalue weighted by atomic mass is 10.2. The van der Waals surface area contributed by atoms with E-state index in [9.17, 15) is 4.79 Å². The van der Waals surface area contributed by atoms with Crippen LogP contribution in [0.15, 0.2) is 16.0 Å². The first kappa shape index (κ1) is 12.8. The number of rotatable bonds is 5. The predicted octanol–water partition coefficient (Wildman–Crippen LogP) is 2.12. The number of hydrogen-bond acceptors (Lipinski definition) is 4. The molecule has 0 aliphatic heterocycles. The zero-order valence-corrected chi connectivity index (χ0v) is 10.3. The number of aryl methyl sites for hydroxylation is 1. The van der Waals surface area contributed by atoms with E-state index in [1.54, 1.807) is 0 Å². The number of aromatic amines is 1. The molecule has 1 N–H and O–H groups in total. The van der Waals surface area contributed by atoms with E-state index in [0.717, 1.165) is 25.0 Å². The van der Waals surface area contributed by atoms with Gasteiger partial charge in [0.25, 0.3) is 5.56 Å². The standard InChI is InChI=1S/C11H15N3OS/c1-3-5-8-6-10(15)14-11(13-8)16-9(4-2)7-12/h6,9H,3-5H2,1-2H3,(H,13,14,15). The summed E-state index contributed by atoms with van der Waals surface area (Å²) in [5.41, 5.74) is 0.648. The summed E-state index contributed by atoms with van der Waals surface area (Å²) in [7, 11) is 0. The normalized spacial score (nSPS) is 12.1. The maximum absolute atomic E-state index is 11.4. The molecule has 5 heteroatoms. The quantitative estimate of drug-likeness (QED) is 0.629. The molecule has 0 spiro atoms. The third kappa shape index (κ3) is 3.70. The van der Waals surface area contributed by atoms with Crippen LogP contribution < -0.4 is 5.56 Å². The molecule has 86 valence electrons. The number of H-pyrrole nitrogens is 1. The lowest BCUT2D eigenvalue weighted by Gasteiger charge is -2.05. The number of nitrogens with zero attached hydrogens (tertiary/aromatic N) is 2. The van der Waals surface area contributed by atoms with Crippen molar-refractivity contribution in [2.24, 2.45) is 0 Å². The van der Waals surface area contributed by atoms with Crippen LogP contribution in [0.2, 0.25) is 0 Å². The maximum Gasteiger partial charge on any atom is 0.251 e. The lowest BCUT2D eigenvalue weighted by Crippen LogP contribution is -2.11. The van der Waals surface area contributed by atoms with Gasteiger partial charge in [-0.05, 0) is 12.8 Å². The van der Waals surface area contributed by atoms with Gasteiger partial charge in [0.2, 0.25) is 0 Å². The van der Waals surface area contributed by atoms with Crippen molar-refractivity contribution < 1.29 is 0 Å². The number of aromatic nitrogens is 2. The smallest absolute Gasteiger partial charge is 0.251 e. The first-order valence-electron chi connectivity index (χ1n) is 5.36. The Balaban J connectivity index is 2.88. The number of hydrogen-bond donors (Lipinski definition) is 1. The van der Waals surface area contributed by atoms with Crippen LogP contribution in [0.5, 0.6) is 0 Å². The summed E-state index contributed by atoms with van der Waals surface area (Å²) in [5.74, 6) is 0. The molecular formula is C11H15N3OS. The van der Waals surface area contributed by atoms with Gasteiger partial charge >= 0.3 is 0 Å². The van der Waals surface area contributed by atoms with Gasteiger partial charge in [0.1, 0.15) is 0 Å². The Morgan fingerprint density at radius 1 is 1.62 bits per heavy atom. The highest BCUT2D eigenvalue weighted by molar-refractivity contribution is 8.00. The molecule has 0 fully saturated rings. The second kappa shape index (κ2) is 6.33. The molecule has 0 aliphatic carbocycles. The Labute approximate surface area is 99.1 Å². The molecule has 1 heterocycles. The third-order valence-electron chi connectivity index (χ3n) is 2.05. The van der Waals surface area contributed by atoms with E-state index < -0.39 is 0 Å². The molecule has 1 unspecified atom stereocenters. The first-order chi connectivity index (χ1) is 7.69. The van der Waals surface area contributed by atoms with Gasteiger partial charge < -0.3 is 4.98 Å². The summed E-state index contributed by atoms with van der Waals surface area (Å²) >= 11 is 1.32. The second-order valence-electron chi connectivity index (χ2n) is 3.44. The summed E-state index contributed by atoms with van der Waals surface area (Å²) in [6.45, 7) is 3.98. The fourth-order valence-corrected chi connectivity index (χ4v) is 2.08. The molecule has 0 amide bonds. The number of nitrogens with one attached hydrogen (secondary N) is 1. The van der Waals surface area contributed by atoms with Crippen LogP contribution in [0.1, 0.15) is 32.4 Å². The van der Waals surface area contributed by atoms with Gasteiger partial charge in [0, 0.05) is 11.8 Å². The summed E-state index contributed by atoms with van der Waals surface area (Å²) in [4.78, 5) is 18.3. The highest BCUT2D eigenvalue weighted by Gasteiger charge is 2.09. The van der Waals surface area contributed by atoms with Gasteiger partial charge in [0.15, 0.2) is 5.16 Å². The van der Waals surface area contributed by atoms with Crippen molar-refractivity contribution in [1.82, 2.24) is 9.97 Å². The van der Waals surface area contributed by atoms with Crippen LogP contribution in [0, 0.1) is 11.3 Å². The van der Waals surface area contributed by atoms with E-state index in [2.05, 4.69) is 16.0 Å². The molecule has 1 aromatic heterocycles. The van der Waals surface area contributed by atoms with E-state index in [1.165, 1.54) is 17.8 Å². The molecule has 0 bridgehead atoms. The molecule has 0 radical (unpaired) electrons. The molecule has 0 saturated carbocycles. The van der Waals surface area contributed by atoms with E-state index in [4.69, 9.17) is 5.26 Å². The topological polar surface area (TPSA) is 69.5 Å². The van der Waals surface area contributed by atoms with Crippen molar-refractivity contribution in [3.05, 3.63) is 22.1 Å². The van der Waals surface area contributed by atoms with Crippen molar-refractivity contribution in [3.63, 3.8) is 0 Å². The van der Waals surface area contributed by atoms with Crippen molar-refractivity contribution in [2.75, 3.05) is 0 Å². The molecule has 0 aromatic carbocycles. The highest BCUT2D eigenvalue weighted by atomic mass is 32.2. The summed E-state index contributed by atoms with van der Waals surface area (Å²) in [5, 5.41) is 9.23. The summed E-state index contributed by atoms with van der Waals surface area (Å²) in [6, 6.07) is 3.69. The van der Waals surface area contributed by atoms with Crippen molar-refractivity contribution in [3.8, 4) is 6.07 Å². The van der Waals surface area contributed by atoms with E-state index in [0.29, 0.717) is 5.16 Å². The lowest BCUT2D eigenvalue weighted by molar-refractivity contribution is 0.813. The zero-order chi connectivity index (χ0) is 12.0. The highest BCUT2D eigenvalue weighted by Crippen LogP contribution is 2.20. The van der Waals surface area contributed by atoms with Crippen LogP contribution in [-0.4, -0.2) is 15.2 Å². The first-order valence-corrected chi connectivity index (χ1v) is 6.24. The Morgan fingerprint density at radius 3 is 2.94 bits per heavy atom. The predicted molar refractivity (Wildman–Crippen MR) is 64.4 cm³/mol. The van der Waals surface area contributed by atoms with Crippen LogP contribution in [0.3, 0.4) is 0 Å². The summed E-state index contributed by atoms with van der Waals surface area (Å²) < 4.78 is 0. The van der Waals surface area contributed by atoms with Crippen LogP contribution in [0.4, 0.5) is 0 Å². The molecule has 1 atom stereocenters. The summed E-state index contributed by atoms with van der Waals surface area (Å²) in [6.07, 6.45) is 2.49. The van der Waals surface area contributed by atoms with Gasteiger partial charge in [0.05, 0.1) is 11.3 Å². The average Bonchev–Trinajstić information content (AvgIpc) is 2.25. The minimum Gasteiger partial charge on any atom is -0.301 e. The minimum absolute atomic E-state index is 0.145. The van der Waals surface area contributed by atoms with E-state index >= 15 is 0 Å². The van der Waals surface area contributed by atoms with Crippen molar-refractivity contribution in [1.29, 1.82) is 5.26 Å². The van der Waals surface area contributed by atoms with Crippen molar-refractivity contribution >= 4 is 11.8 Å². The SMILES string of the molecule is CCCc1cc(=O)[nH]c(SC(C#N)CC)n1. The largest absolute Gasteiger partial charge is 0.301 e. The maximum atomic E-state index is 11.4. The van der Waals surface area contributed by atoms with Crippen LogP contribution in [-0.2, 0) is 6.42 Å². The second-order valence-corrected chi connectivity index (χ2v) is 4.63. The number of nitriles is 1. The fourth-order valence-electron chi connectivity index (χ4n) is 1.26.